The first-order valence-electron chi connectivity index (χ1n) is 6.21. The highest BCUT2D eigenvalue weighted by atomic mass is 15.2. The van der Waals surface area contributed by atoms with Crippen molar-refractivity contribution in [1.82, 2.24) is 4.90 Å². The van der Waals surface area contributed by atoms with Crippen molar-refractivity contribution < 1.29 is 0 Å². The van der Waals surface area contributed by atoms with E-state index in [-0.39, 0.29) is 0 Å². The molecule has 0 radical (unpaired) electrons. The highest BCUT2D eigenvalue weighted by Gasteiger charge is 2.37. The molecular formula is C12H24N2. The molecule has 2 N–H and O–H groups in total. The smallest absolute Gasteiger partial charge is 0.0219 e. The number of nitrogens with zero attached hydrogens (tertiary/aromatic N) is 1. The van der Waals surface area contributed by atoms with Gasteiger partial charge in [0.15, 0.2) is 0 Å². The lowest BCUT2D eigenvalue weighted by atomic mass is 9.90. The van der Waals surface area contributed by atoms with Gasteiger partial charge in [-0.1, -0.05) is 6.42 Å². The molecule has 0 bridgehead atoms. The van der Waals surface area contributed by atoms with Crippen molar-refractivity contribution in [1.29, 1.82) is 0 Å². The quantitative estimate of drug-likeness (QED) is 0.732. The number of nitrogens with two attached hydrogens (primary N) is 1. The van der Waals surface area contributed by atoms with E-state index in [0.717, 1.165) is 12.0 Å². The van der Waals surface area contributed by atoms with Gasteiger partial charge in [0.2, 0.25) is 0 Å². The minimum Gasteiger partial charge on any atom is -0.327 e. The fourth-order valence-corrected chi connectivity index (χ4v) is 3.30. The van der Waals surface area contributed by atoms with Crippen LogP contribution in [-0.4, -0.2) is 29.6 Å². The van der Waals surface area contributed by atoms with Crippen molar-refractivity contribution in [3.8, 4) is 0 Å². The molecule has 0 spiro atoms. The number of rotatable bonds is 2. The molecule has 1 aliphatic carbocycles. The Morgan fingerprint density at radius 1 is 1.14 bits per heavy atom. The number of likely N-dealkylation sites (tertiary alicyclic amines) is 1. The number of fused-ring (bicyclic) bond motifs is 1. The predicted octanol–water partition coefficient (Wildman–Crippen LogP) is 1.99. The van der Waals surface area contributed by atoms with Gasteiger partial charge in [0, 0.05) is 18.1 Å². The molecule has 0 aromatic rings. The van der Waals surface area contributed by atoms with Crippen LogP contribution in [0.15, 0.2) is 0 Å². The lowest BCUT2D eigenvalue weighted by Crippen LogP contribution is -2.53. The van der Waals surface area contributed by atoms with Crippen LogP contribution in [0.5, 0.6) is 0 Å². The van der Waals surface area contributed by atoms with Crippen molar-refractivity contribution in [2.24, 2.45) is 11.7 Å². The molecule has 0 amide bonds. The van der Waals surface area contributed by atoms with Crippen LogP contribution in [0.1, 0.15) is 46.0 Å². The highest BCUT2D eigenvalue weighted by Crippen LogP contribution is 2.37. The van der Waals surface area contributed by atoms with Gasteiger partial charge in [-0.3, -0.25) is 4.90 Å². The molecular weight excluding hydrogens is 172 g/mol. The Bertz CT molecular complexity index is 191. The summed E-state index contributed by atoms with van der Waals surface area (Å²) >= 11 is 0. The summed E-state index contributed by atoms with van der Waals surface area (Å²) in [5.41, 5.74) is 6.01. The molecule has 1 saturated carbocycles. The molecule has 2 nitrogen and oxygen atoms in total. The van der Waals surface area contributed by atoms with E-state index in [4.69, 9.17) is 5.73 Å². The summed E-state index contributed by atoms with van der Waals surface area (Å²) in [6, 6.07) is 1.75. The maximum atomic E-state index is 6.01. The normalized spacial score (nSPS) is 37.9. The zero-order valence-electron chi connectivity index (χ0n) is 9.58. The first-order chi connectivity index (χ1) is 6.70. The van der Waals surface area contributed by atoms with Gasteiger partial charge in [0.05, 0.1) is 0 Å². The highest BCUT2D eigenvalue weighted by molar-refractivity contribution is 4.92. The van der Waals surface area contributed by atoms with Crippen molar-refractivity contribution >= 4 is 0 Å². The summed E-state index contributed by atoms with van der Waals surface area (Å²) in [5.74, 6) is 0.991. The van der Waals surface area contributed by atoms with Crippen LogP contribution in [0, 0.1) is 5.92 Å². The lowest BCUT2D eigenvalue weighted by Gasteiger charge is -2.43. The van der Waals surface area contributed by atoms with Crippen LogP contribution < -0.4 is 5.73 Å². The van der Waals surface area contributed by atoms with Crippen molar-refractivity contribution in [2.75, 3.05) is 6.54 Å². The van der Waals surface area contributed by atoms with Crippen molar-refractivity contribution in [3.63, 3.8) is 0 Å². The van der Waals surface area contributed by atoms with Gasteiger partial charge in [0.1, 0.15) is 0 Å². The molecule has 1 saturated heterocycles. The van der Waals surface area contributed by atoms with E-state index in [1.807, 2.05) is 0 Å². The molecule has 0 aromatic heterocycles. The topological polar surface area (TPSA) is 29.3 Å². The minimum absolute atomic E-state index is 0.314. The maximum Gasteiger partial charge on any atom is 0.0219 e. The molecule has 4 atom stereocenters. The summed E-state index contributed by atoms with van der Waals surface area (Å²) in [7, 11) is 0. The number of hydrogen-bond donors (Lipinski definition) is 1. The van der Waals surface area contributed by atoms with Crippen LogP contribution in [0.2, 0.25) is 0 Å². The van der Waals surface area contributed by atoms with Gasteiger partial charge in [0.25, 0.3) is 0 Å². The van der Waals surface area contributed by atoms with E-state index in [1.54, 1.807) is 0 Å². The zero-order chi connectivity index (χ0) is 10.1. The van der Waals surface area contributed by atoms with E-state index in [0.29, 0.717) is 12.1 Å². The Morgan fingerprint density at radius 3 is 2.57 bits per heavy atom. The van der Waals surface area contributed by atoms with Crippen molar-refractivity contribution in [3.05, 3.63) is 0 Å². The third-order valence-corrected chi connectivity index (χ3v) is 4.32. The van der Waals surface area contributed by atoms with Gasteiger partial charge in [-0.25, -0.2) is 0 Å². The standard InChI is InChI=1S/C12H24N2/c1-9(13)10(2)14-8-4-6-11-5-3-7-12(11)14/h9-12H,3-8,13H2,1-2H3. The van der Waals surface area contributed by atoms with Gasteiger partial charge in [-0.15, -0.1) is 0 Å². The first kappa shape index (κ1) is 10.4. The second-order valence-electron chi connectivity index (χ2n) is 5.24. The SMILES string of the molecule is CC(N)C(C)N1CCCC2CCCC21. The second-order valence-corrected chi connectivity index (χ2v) is 5.24. The third-order valence-electron chi connectivity index (χ3n) is 4.32. The van der Waals surface area contributed by atoms with Gasteiger partial charge < -0.3 is 5.73 Å². The molecule has 0 aromatic carbocycles. The van der Waals surface area contributed by atoms with Gasteiger partial charge in [-0.05, 0) is 52.0 Å². The van der Waals surface area contributed by atoms with E-state index in [9.17, 15) is 0 Å². The molecule has 2 heteroatoms. The summed E-state index contributed by atoms with van der Waals surface area (Å²) in [6.45, 7) is 5.72. The van der Waals surface area contributed by atoms with E-state index >= 15 is 0 Å². The fraction of sp³-hybridized carbons (Fsp3) is 1.00. The summed E-state index contributed by atoms with van der Waals surface area (Å²) < 4.78 is 0. The Morgan fingerprint density at radius 2 is 1.86 bits per heavy atom. The minimum atomic E-state index is 0.314. The van der Waals surface area contributed by atoms with Crippen LogP contribution in [0.4, 0.5) is 0 Å². The molecule has 2 fully saturated rings. The monoisotopic (exact) mass is 196 g/mol. The molecule has 2 aliphatic rings. The van der Waals surface area contributed by atoms with Crippen LogP contribution in [0.25, 0.3) is 0 Å². The molecule has 14 heavy (non-hydrogen) atoms. The zero-order valence-corrected chi connectivity index (χ0v) is 9.58. The lowest BCUT2D eigenvalue weighted by molar-refractivity contribution is 0.0659. The molecule has 2 rings (SSSR count). The Balaban J connectivity index is 2.02. The van der Waals surface area contributed by atoms with Gasteiger partial charge in [-0.2, -0.15) is 0 Å². The maximum absolute atomic E-state index is 6.01. The average molecular weight is 196 g/mol. The number of piperidine rings is 1. The van der Waals surface area contributed by atoms with E-state index < -0.39 is 0 Å². The van der Waals surface area contributed by atoms with E-state index in [1.165, 1.54) is 38.6 Å². The van der Waals surface area contributed by atoms with E-state index in [2.05, 4.69) is 18.7 Å². The predicted molar refractivity (Wildman–Crippen MR) is 60.2 cm³/mol. The molecule has 1 aliphatic heterocycles. The third kappa shape index (κ3) is 1.82. The molecule has 1 heterocycles. The number of hydrogen-bond acceptors (Lipinski definition) is 2. The summed E-state index contributed by atoms with van der Waals surface area (Å²) in [5, 5.41) is 0. The fourth-order valence-electron chi connectivity index (χ4n) is 3.30. The Kier molecular flexibility index (Phi) is 3.13. The van der Waals surface area contributed by atoms with Crippen LogP contribution in [-0.2, 0) is 0 Å². The summed E-state index contributed by atoms with van der Waals surface area (Å²) in [6.07, 6.45) is 7.18. The second kappa shape index (κ2) is 4.19. The largest absolute Gasteiger partial charge is 0.327 e. The molecule has 82 valence electrons. The summed E-state index contributed by atoms with van der Waals surface area (Å²) in [4.78, 5) is 2.69. The Hall–Kier alpha value is -0.0800. The Labute approximate surface area is 87.8 Å². The average Bonchev–Trinajstić information content (AvgIpc) is 2.63. The first-order valence-corrected chi connectivity index (χ1v) is 6.21. The van der Waals surface area contributed by atoms with Crippen LogP contribution >= 0.6 is 0 Å². The van der Waals surface area contributed by atoms with Crippen molar-refractivity contribution in [2.45, 2.75) is 64.1 Å². The van der Waals surface area contributed by atoms with Gasteiger partial charge >= 0.3 is 0 Å². The van der Waals surface area contributed by atoms with Crippen LogP contribution in [0.3, 0.4) is 0 Å². The molecule has 4 unspecified atom stereocenters.